The number of hydrogen-bond donors (Lipinski definition) is 3. The van der Waals surface area contributed by atoms with E-state index in [9.17, 15) is 10.2 Å². The van der Waals surface area contributed by atoms with E-state index in [1.54, 1.807) is 25.3 Å². The molecule has 0 saturated heterocycles. The van der Waals surface area contributed by atoms with Crippen molar-refractivity contribution in [1.82, 2.24) is 5.32 Å². The second-order valence-corrected chi connectivity index (χ2v) is 4.58. The zero-order chi connectivity index (χ0) is 13.5. The van der Waals surface area contributed by atoms with Gasteiger partial charge in [0.1, 0.15) is 11.5 Å². The summed E-state index contributed by atoms with van der Waals surface area (Å²) < 4.78 is 5.10. The van der Waals surface area contributed by atoms with E-state index in [1.807, 2.05) is 6.92 Å². The summed E-state index contributed by atoms with van der Waals surface area (Å²) >= 11 is 0. The Hall–Kier alpha value is -1.26. The van der Waals surface area contributed by atoms with Crippen molar-refractivity contribution in [3.63, 3.8) is 0 Å². The molecule has 0 saturated carbocycles. The largest absolute Gasteiger partial charge is 0.508 e. The van der Waals surface area contributed by atoms with Crippen LogP contribution in [0.4, 0.5) is 0 Å². The number of nitrogens with one attached hydrogen (secondary N) is 1. The van der Waals surface area contributed by atoms with Crippen molar-refractivity contribution in [3.8, 4) is 11.5 Å². The number of methoxy groups -OCH3 is 1. The molecule has 2 atom stereocenters. The van der Waals surface area contributed by atoms with Crippen molar-refractivity contribution in [2.24, 2.45) is 5.92 Å². The molecule has 4 nitrogen and oxygen atoms in total. The van der Waals surface area contributed by atoms with Gasteiger partial charge in [-0.25, -0.2) is 0 Å². The molecule has 18 heavy (non-hydrogen) atoms. The third-order valence-electron chi connectivity index (χ3n) is 3.26. The van der Waals surface area contributed by atoms with Gasteiger partial charge in [0.05, 0.1) is 13.2 Å². The smallest absolute Gasteiger partial charge is 0.120 e. The molecule has 0 aliphatic rings. The Morgan fingerprint density at radius 2 is 2.11 bits per heavy atom. The molecule has 1 rings (SSSR count). The Bertz CT molecular complexity index is 368. The van der Waals surface area contributed by atoms with Crippen LogP contribution in [0, 0.1) is 5.92 Å². The molecule has 4 heteroatoms. The van der Waals surface area contributed by atoms with Crippen LogP contribution < -0.4 is 10.1 Å². The standard InChI is InChI=1S/C14H23NO3/c1-4-10(2)14(17)9-15-8-11-7-12(18-3)5-6-13(11)16/h5-7,10,14-17H,4,8-9H2,1-3H3. The highest BCUT2D eigenvalue weighted by molar-refractivity contribution is 5.39. The van der Waals surface area contributed by atoms with E-state index in [2.05, 4.69) is 12.2 Å². The zero-order valence-corrected chi connectivity index (χ0v) is 11.3. The first-order valence-corrected chi connectivity index (χ1v) is 6.33. The van der Waals surface area contributed by atoms with E-state index in [0.29, 0.717) is 18.8 Å². The first kappa shape index (κ1) is 14.8. The van der Waals surface area contributed by atoms with Crippen LogP contribution in [-0.2, 0) is 6.54 Å². The van der Waals surface area contributed by atoms with Gasteiger partial charge in [0.15, 0.2) is 0 Å². The van der Waals surface area contributed by atoms with Gasteiger partial charge in [-0.2, -0.15) is 0 Å². The monoisotopic (exact) mass is 253 g/mol. The Morgan fingerprint density at radius 1 is 1.39 bits per heavy atom. The minimum Gasteiger partial charge on any atom is -0.508 e. The highest BCUT2D eigenvalue weighted by Crippen LogP contribution is 2.22. The van der Waals surface area contributed by atoms with Gasteiger partial charge in [-0.3, -0.25) is 0 Å². The predicted molar refractivity (Wildman–Crippen MR) is 71.8 cm³/mol. The lowest BCUT2D eigenvalue weighted by atomic mass is 10.0. The van der Waals surface area contributed by atoms with Crippen molar-refractivity contribution in [2.75, 3.05) is 13.7 Å². The first-order valence-electron chi connectivity index (χ1n) is 6.33. The number of aromatic hydroxyl groups is 1. The molecule has 0 aromatic heterocycles. The molecule has 102 valence electrons. The molecule has 2 unspecified atom stereocenters. The Morgan fingerprint density at radius 3 is 2.72 bits per heavy atom. The number of aliphatic hydroxyl groups is 1. The fraction of sp³-hybridized carbons (Fsp3) is 0.571. The lowest BCUT2D eigenvalue weighted by Gasteiger charge is -2.18. The molecular weight excluding hydrogens is 230 g/mol. The Labute approximate surface area is 109 Å². The van der Waals surface area contributed by atoms with Gasteiger partial charge in [0.25, 0.3) is 0 Å². The molecule has 3 N–H and O–H groups in total. The summed E-state index contributed by atoms with van der Waals surface area (Å²) in [5.74, 6) is 1.23. The number of hydrogen-bond acceptors (Lipinski definition) is 4. The topological polar surface area (TPSA) is 61.7 Å². The zero-order valence-electron chi connectivity index (χ0n) is 11.3. The number of rotatable bonds is 7. The second-order valence-electron chi connectivity index (χ2n) is 4.58. The number of phenolic OH excluding ortho intramolecular Hbond substituents is 1. The summed E-state index contributed by atoms with van der Waals surface area (Å²) in [5, 5.41) is 22.7. The lowest BCUT2D eigenvalue weighted by molar-refractivity contribution is 0.112. The van der Waals surface area contributed by atoms with E-state index >= 15 is 0 Å². The fourth-order valence-electron chi connectivity index (χ4n) is 1.66. The molecule has 0 fully saturated rings. The number of phenols is 1. The van der Waals surface area contributed by atoms with Gasteiger partial charge in [-0.1, -0.05) is 20.3 Å². The quantitative estimate of drug-likeness (QED) is 0.694. The van der Waals surface area contributed by atoms with Crippen LogP contribution in [0.1, 0.15) is 25.8 Å². The SMILES string of the molecule is CCC(C)C(O)CNCc1cc(OC)ccc1O. The highest BCUT2D eigenvalue weighted by Gasteiger charge is 2.11. The van der Waals surface area contributed by atoms with Gasteiger partial charge in [0.2, 0.25) is 0 Å². The number of benzene rings is 1. The van der Waals surface area contributed by atoms with Crippen molar-refractivity contribution in [3.05, 3.63) is 23.8 Å². The first-order chi connectivity index (χ1) is 8.58. The van der Waals surface area contributed by atoms with Crippen LogP contribution in [0.2, 0.25) is 0 Å². The van der Waals surface area contributed by atoms with Crippen LogP contribution in [0.15, 0.2) is 18.2 Å². The Kier molecular flexibility index (Phi) is 5.95. The maximum Gasteiger partial charge on any atom is 0.120 e. The number of aliphatic hydroxyl groups excluding tert-OH is 1. The van der Waals surface area contributed by atoms with Gasteiger partial charge >= 0.3 is 0 Å². The highest BCUT2D eigenvalue weighted by atomic mass is 16.5. The normalized spacial score (nSPS) is 14.2. The van der Waals surface area contributed by atoms with E-state index in [1.165, 1.54) is 0 Å². The summed E-state index contributed by atoms with van der Waals surface area (Å²) in [6, 6.07) is 5.12. The van der Waals surface area contributed by atoms with Crippen LogP contribution in [0.3, 0.4) is 0 Å². The molecule has 0 spiro atoms. The van der Waals surface area contributed by atoms with E-state index in [4.69, 9.17) is 4.74 Å². The molecule has 0 aliphatic carbocycles. The fourth-order valence-corrected chi connectivity index (χ4v) is 1.66. The summed E-state index contributed by atoms with van der Waals surface area (Å²) in [5.41, 5.74) is 0.769. The molecule has 0 amide bonds. The summed E-state index contributed by atoms with van der Waals surface area (Å²) in [4.78, 5) is 0. The third kappa shape index (κ3) is 4.20. The Balaban J connectivity index is 2.48. The molecule has 0 aliphatic heterocycles. The summed E-state index contributed by atoms with van der Waals surface area (Å²) in [6.07, 6.45) is 0.593. The third-order valence-corrected chi connectivity index (χ3v) is 3.26. The molecule has 0 radical (unpaired) electrons. The van der Waals surface area contributed by atoms with E-state index in [-0.39, 0.29) is 17.8 Å². The van der Waals surface area contributed by atoms with Crippen LogP contribution >= 0.6 is 0 Å². The van der Waals surface area contributed by atoms with Gasteiger partial charge in [-0.15, -0.1) is 0 Å². The maximum absolute atomic E-state index is 9.82. The van der Waals surface area contributed by atoms with Crippen LogP contribution in [0.5, 0.6) is 11.5 Å². The van der Waals surface area contributed by atoms with Crippen molar-refractivity contribution < 1.29 is 14.9 Å². The average Bonchev–Trinajstić information content (AvgIpc) is 2.39. The molecular formula is C14H23NO3. The van der Waals surface area contributed by atoms with Crippen LogP contribution in [-0.4, -0.2) is 30.0 Å². The summed E-state index contributed by atoms with van der Waals surface area (Å²) in [6.45, 7) is 5.11. The summed E-state index contributed by atoms with van der Waals surface area (Å²) in [7, 11) is 1.59. The average molecular weight is 253 g/mol. The predicted octanol–water partition coefficient (Wildman–Crippen LogP) is 1.90. The molecule has 1 aromatic carbocycles. The van der Waals surface area contributed by atoms with E-state index in [0.717, 1.165) is 12.0 Å². The number of ether oxygens (including phenoxy) is 1. The molecule has 1 aromatic rings. The van der Waals surface area contributed by atoms with Crippen molar-refractivity contribution in [1.29, 1.82) is 0 Å². The minimum atomic E-state index is -0.359. The maximum atomic E-state index is 9.82. The second kappa shape index (κ2) is 7.24. The van der Waals surface area contributed by atoms with Crippen LogP contribution in [0.25, 0.3) is 0 Å². The minimum absolute atomic E-state index is 0.237. The van der Waals surface area contributed by atoms with E-state index < -0.39 is 0 Å². The lowest BCUT2D eigenvalue weighted by Crippen LogP contribution is -2.31. The van der Waals surface area contributed by atoms with Crippen molar-refractivity contribution in [2.45, 2.75) is 32.9 Å². The molecule has 0 bridgehead atoms. The van der Waals surface area contributed by atoms with Crippen molar-refractivity contribution >= 4 is 0 Å². The molecule has 0 heterocycles. The van der Waals surface area contributed by atoms with Gasteiger partial charge < -0.3 is 20.3 Å². The van der Waals surface area contributed by atoms with Gasteiger partial charge in [-0.05, 0) is 24.1 Å². The van der Waals surface area contributed by atoms with Gasteiger partial charge in [0, 0.05) is 18.7 Å².